The van der Waals surface area contributed by atoms with E-state index in [1.807, 2.05) is 55.5 Å². The van der Waals surface area contributed by atoms with Crippen molar-refractivity contribution in [3.63, 3.8) is 0 Å². The van der Waals surface area contributed by atoms with Crippen LogP contribution in [0.4, 0.5) is 0 Å². The summed E-state index contributed by atoms with van der Waals surface area (Å²) in [6.45, 7) is 2.02. The lowest BCUT2D eigenvalue weighted by Gasteiger charge is -2.03. The minimum absolute atomic E-state index is 0.287. The van der Waals surface area contributed by atoms with E-state index in [-0.39, 0.29) is 5.63 Å². The number of hydrogen-bond donors (Lipinski definition) is 0. The normalized spacial score (nSPS) is 10.7. The third kappa shape index (κ3) is 1.82. The maximum absolute atomic E-state index is 11.9. The fourth-order valence-corrected chi connectivity index (χ4v) is 2.07. The Hall–Kier alpha value is -2.35. The van der Waals surface area contributed by atoms with Crippen molar-refractivity contribution >= 4 is 10.8 Å². The summed E-state index contributed by atoms with van der Waals surface area (Å²) in [4.78, 5) is 11.9. The van der Waals surface area contributed by atoms with E-state index in [1.54, 1.807) is 6.07 Å². The van der Waals surface area contributed by atoms with Crippen molar-refractivity contribution in [2.75, 3.05) is 0 Å². The number of fused-ring (bicyclic) bond motifs is 1. The average Bonchev–Trinajstić information content (AvgIpc) is 2.39. The fraction of sp³-hybridized carbons (Fsp3) is 0.0625. The first-order valence-corrected chi connectivity index (χ1v) is 5.84. The lowest BCUT2D eigenvalue weighted by atomic mass is 10.1. The molecule has 0 aliphatic carbocycles. The van der Waals surface area contributed by atoms with Crippen LogP contribution in [0.1, 0.15) is 5.56 Å². The molecule has 0 aliphatic heterocycles. The zero-order valence-corrected chi connectivity index (χ0v) is 10.0. The maximum atomic E-state index is 11.9. The second-order valence-electron chi connectivity index (χ2n) is 4.35. The molecule has 0 saturated heterocycles. The molecule has 0 atom stereocenters. The van der Waals surface area contributed by atoms with Gasteiger partial charge < -0.3 is 4.42 Å². The summed E-state index contributed by atoms with van der Waals surface area (Å²) in [5.74, 6) is 0.613. The first-order valence-electron chi connectivity index (χ1n) is 5.84. The quantitative estimate of drug-likeness (QED) is 0.643. The van der Waals surface area contributed by atoms with Gasteiger partial charge in [-0.1, -0.05) is 42.0 Å². The van der Waals surface area contributed by atoms with E-state index in [0.29, 0.717) is 11.1 Å². The molecule has 2 nitrogen and oxygen atoms in total. The van der Waals surface area contributed by atoms with E-state index < -0.39 is 0 Å². The van der Waals surface area contributed by atoms with Crippen LogP contribution < -0.4 is 5.63 Å². The smallest absolute Gasteiger partial charge is 0.344 e. The maximum Gasteiger partial charge on any atom is 0.344 e. The second-order valence-corrected chi connectivity index (χ2v) is 4.35. The molecule has 1 heterocycles. The SMILES string of the molecule is Cc1cccc(-c2cc3ccccc3c(=O)o2)c1. The van der Waals surface area contributed by atoms with Crippen LogP contribution in [0.2, 0.25) is 0 Å². The van der Waals surface area contributed by atoms with Gasteiger partial charge in [0, 0.05) is 5.56 Å². The van der Waals surface area contributed by atoms with Gasteiger partial charge in [-0.3, -0.25) is 0 Å². The van der Waals surface area contributed by atoms with E-state index in [2.05, 4.69) is 0 Å². The molecule has 0 N–H and O–H groups in total. The number of aryl methyl sites for hydroxylation is 1. The van der Waals surface area contributed by atoms with Crippen molar-refractivity contribution < 1.29 is 4.42 Å². The molecule has 3 rings (SSSR count). The molecule has 0 unspecified atom stereocenters. The van der Waals surface area contributed by atoms with Crippen LogP contribution in [0.25, 0.3) is 22.1 Å². The zero-order valence-electron chi connectivity index (χ0n) is 10.0. The summed E-state index contributed by atoms with van der Waals surface area (Å²) in [7, 11) is 0. The van der Waals surface area contributed by atoms with Crippen LogP contribution in [0.3, 0.4) is 0 Å². The van der Waals surface area contributed by atoms with Gasteiger partial charge in [0.15, 0.2) is 0 Å². The van der Waals surface area contributed by atoms with E-state index in [4.69, 9.17) is 4.42 Å². The van der Waals surface area contributed by atoms with E-state index in [1.165, 1.54) is 0 Å². The number of benzene rings is 2. The molecule has 2 aromatic carbocycles. The third-order valence-corrected chi connectivity index (χ3v) is 2.97. The molecule has 0 fully saturated rings. The Morgan fingerprint density at radius 3 is 2.61 bits per heavy atom. The van der Waals surface area contributed by atoms with Gasteiger partial charge in [0.1, 0.15) is 5.76 Å². The monoisotopic (exact) mass is 236 g/mol. The Balaban J connectivity index is 2.28. The third-order valence-electron chi connectivity index (χ3n) is 2.97. The van der Waals surface area contributed by atoms with Crippen molar-refractivity contribution in [3.05, 3.63) is 70.6 Å². The molecule has 0 amide bonds. The predicted octanol–water partition coefficient (Wildman–Crippen LogP) is 3.77. The lowest BCUT2D eigenvalue weighted by Crippen LogP contribution is -1.99. The van der Waals surface area contributed by atoms with Gasteiger partial charge in [0.25, 0.3) is 0 Å². The lowest BCUT2D eigenvalue weighted by molar-refractivity contribution is 0.534. The average molecular weight is 236 g/mol. The number of hydrogen-bond acceptors (Lipinski definition) is 2. The van der Waals surface area contributed by atoms with Crippen LogP contribution in [0.5, 0.6) is 0 Å². The molecule has 3 aromatic rings. The Labute approximate surface area is 105 Å². The molecule has 0 radical (unpaired) electrons. The summed E-state index contributed by atoms with van der Waals surface area (Å²) in [6, 6.07) is 17.3. The van der Waals surface area contributed by atoms with Crippen molar-refractivity contribution in [2.24, 2.45) is 0 Å². The molecular weight excluding hydrogens is 224 g/mol. The van der Waals surface area contributed by atoms with Crippen LogP contribution in [-0.2, 0) is 0 Å². The summed E-state index contributed by atoms with van der Waals surface area (Å²) in [6.07, 6.45) is 0. The fourth-order valence-electron chi connectivity index (χ4n) is 2.07. The van der Waals surface area contributed by atoms with Crippen molar-refractivity contribution in [1.82, 2.24) is 0 Å². The molecule has 0 spiro atoms. The van der Waals surface area contributed by atoms with Crippen LogP contribution in [-0.4, -0.2) is 0 Å². The summed E-state index contributed by atoms with van der Waals surface area (Å²) in [5.41, 5.74) is 1.78. The highest BCUT2D eigenvalue weighted by molar-refractivity contribution is 5.84. The van der Waals surface area contributed by atoms with Crippen molar-refractivity contribution in [2.45, 2.75) is 6.92 Å². The summed E-state index contributed by atoms with van der Waals surface area (Å²) in [5, 5.41) is 1.53. The predicted molar refractivity (Wildman–Crippen MR) is 72.7 cm³/mol. The van der Waals surface area contributed by atoms with Crippen molar-refractivity contribution in [1.29, 1.82) is 0 Å². The molecule has 1 aromatic heterocycles. The topological polar surface area (TPSA) is 30.2 Å². The van der Waals surface area contributed by atoms with E-state index in [0.717, 1.165) is 16.5 Å². The molecule has 0 bridgehead atoms. The Kier molecular flexibility index (Phi) is 2.49. The highest BCUT2D eigenvalue weighted by Gasteiger charge is 2.05. The standard InChI is InChI=1S/C16H12O2/c1-11-5-4-7-13(9-11)15-10-12-6-2-3-8-14(12)16(17)18-15/h2-10H,1H3. The van der Waals surface area contributed by atoms with Gasteiger partial charge in [0.05, 0.1) is 5.39 Å². The Morgan fingerprint density at radius 1 is 0.944 bits per heavy atom. The first kappa shape index (κ1) is 10.8. The minimum Gasteiger partial charge on any atom is -0.422 e. The van der Waals surface area contributed by atoms with E-state index in [9.17, 15) is 4.79 Å². The van der Waals surface area contributed by atoms with Gasteiger partial charge in [-0.15, -0.1) is 0 Å². The number of rotatable bonds is 1. The highest BCUT2D eigenvalue weighted by Crippen LogP contribution is 2.22. The first-order chi connectivity index (χ1) is 8.74. The molecule has 0 aliphatic rings. The van der Waals surface area contributed by atoms with Crippen LogP contribution in [0, 0.1) is 6.92 Å². The van der Waals surface area contributed by atoms with Crippen molar-refractivity contribution in [3.8, 4) is 11.3 Å². The second kappa shape index (κ2) is 4.15. The summed E-state index contributed by atoms with van der Waals surface area (Å²) < 4.78 is 5.38. The van der Waals surface area contributed by atoms with Gasteiger partial charge >= 0.3 is 5.63 Å². The summed E-state index contributed by atoms with van der Waals surface area (Å²) >= 11 is 0. The largest absolute Gasteiger partial charge is 0.422 e. The van der Waals surface area contributed by atoms with Crippen LogP contribution >= 0.6 is 0 Å². The molecule has 0 saturated carbocycles. The van der Waals surface area contributed by atoms with E-state index >= 15 is 0 Å². The Morgan fingerprint density at radius 2 is 1.78 bits per heavy atom. The highest BCUT2D eigenvalue weighted by atomic mass is 16.4. The van der Waals surface area contributed by atoms with Crippen LogP contribution in [0.15, 0.2) is 63.8 Å². The molecule has 88 valence electrons. The van der Waals surface area contributed by atoms with Gasteiger partial charge in [-0.2, -0.15) is 0 Å². The molecule has 2 heteroatoms. The van der Waals surface area contributed by atoms with Gasteiger partial charge in [0.2, 0.25) is 0 Å². The molecular formula is C16H12O2. The zero-order chi connectivity index (χ0) is 12.5. The Bertz CT molecular complexity index is 769. The van der Waals surface area contributed by atoms with Gasteiger partial charge in [-0.05, 0) is 30.5 Å². The van der Waals surface area contributed by atoms with Gasteiger partial charge in [-0.25, -0.2) is 4.79 Å². The minimum atomic E-state index is -0.287. The molecule has 18 heavy (non-hydrogen) atoms.